The number of hydrogen-bond donors (Lipinski definition) is 1. The Kier molecular flexibility index (Phi) is 7.40. The van der Waals surface area contributed by atoms with E-state index in [-0.39, 0.29) is 29.0 Å². The number of carbonyl (C=O) groups excluding carboxylic acids is 2. The highest BCUT2D eigenvalue weighted by Crippen LogP contribution is 2.38. The van der Waals surface area contributed by atoms with Crippen LogP contribution in [-0.4, -0.2) is 62.2 Å². The molecule has 5 aromatic rings. The lowest BCUT2D eigenvalue weighted by Crippen LogP contribution is -2.31. The van der Waals surface area contributed by atoms with Crippen molar-refractivity contribution in [3.8, 4) is 11.3 Å². The summed E-state index contributed by atoms with van der Waals surface area (Å²) < 4.78 is 36.0. The van der Waals surface area contributed by atoms with Gasteiger partial charge in [-0.05, 0) is 51.1 Å². The third-order valence-electron chi connectivity index (χ3n) is 7.78. The van der Waals surface area contributed by atoms with E-state index in [1.54, 1.807) is 41.4 Å². The maximum atomic E-state index is 13.7. The third-order valence-corrected chi connectivity index (χ3v) is 9.46. The van der Waals surface area contributed by atoms with Crippen molar-refractivity contribution in [2.75, 3.05) is 11.9 Å². The Labute approximate surface area is 255 Å². The Morgan fingerprint density at radius 3 is 2.34 bits per heavy atom. The number of ether oxygens (including phenoxy) is 1. The monoisotopic (exact) mass is 614 g/mol. The lowest BCUT2D eigenvalue weighted by molar-refractivity contribution is -0.146. The van der Waals surface area contributed by atoms with Gasteiger partial charge in [0.05, 0.1) is 40.4 Å². The Bertz CT molecular complexity index is 1990. The Morgan fingerprint density at radius 2 is 1.70 bits per heavy atom. The third kappa shape index (κ3) is 5.19. The number of fused-ring (bicyclic) bond motifs is 3. The first kappa shape index (κ1) is 29.4. The number of amides is 1. The average Bonchev–Trinajstić information content (AvgIpc) is 3.68. The van der Waals surface area contributed by atoms with Gasteiger partial charge >= 0.3 is 5.97 Å². The van der Waals surface area contributed by atoms with Gasteiger partial charge in [-0.25, -0.2) is 22.4 Å². The van der Waals surface area contributed by atoms with Crippen molar-refractivity contribution in [1.82, 2.24) is 23.2 Å². The second kappa shape index (κ2) is 11.1. The molecular formula is C32H34N6O5S. The van der Waals surface area contributed by atoms with Gasteiger partial charge in [-0.3, -0.25) is 14.0 Å². The molecule has 1 fully saturated rings. The van der Waals surface area contributed by atoms with E-state index in [4.69, 9.17) is 9.72 Å². The highest BCUT2D eigenvalue weighted by atomic mass is 32.2. The van der Waals surface area contributed by atoms with Crippen LogP contribution in [0.4, 0.5) is 5.69 Å². The molecule has 0 saturated carbocycles. The summed E-state index contributed by atoms with van der Waals surface area (Å²) in [6, 6.07) is 16.0. The van der Waals surface area contributed by atoms with E-state index in [9.17, 15) is 18.0 Å². The fourth-order valence-electron chi connectivity index (χ4n) is 5.86. The van der Waals surface area contributed by atoms with Gasteiger partial charge in [-0.1, -0.05) is 29.8 Å². The minimum absolute atomic E-state index is 0.145. The van der Waals surface area contributed by atoms with Crippen LogP contribution >= 0.6 is 0 Å². The quantitative estimate of drug-likeness (QED) is 0.255. The maximum absolute atomic E-state index is 13.7. The zero-order chi connectivity index (χ0) is 31.3. The number of esters is 1. The molecule has 1 amide bonds. The summed E-state index contributed by atoms with van der Waals surface area (Å²) in [5, 5.41) is 3.38. The normalized spacial score (nSPS) is 17.1. The van der Waals surface area contributed by atoms with E-state index in [0.717, 1.165) is 16.8 Å². The van der Waals surface area contributed by atoms with Gasteiger partial charge in [0.1, 0.15) is 11.9 Å². The molecule has 0 radical (unpaired) electrons. The summed E-state index contributed by atoms with van der Waals surface area (Å²) in [5.41, 5.74) is 4.78. The molecule has 2 aromatic carbocycles. The van der Waals surface area contributed by atoms with Crippen LogP contribution in [0.2, 0.25) is 0 Å². The predicted octanol–water partition coefficient (Wildman–Crippen LogP) is 4.94. The number of rotatable bonds is 7. The van der Waals surface area contributed by atoms with Gasteiger partial charge in [0.25, 0.3) is 10.0 Å². The van der Waals surface area contributed by atoms with E-state index in [1.165, 1.54) is 24.0 Å². The molecule has 0 spiro atoms. The largest absolute Gasteiger partial charge is 0.461 e. The van der Waals surface area contributed by atoms with E-state index in [2.05, 4.69) is 24.1 Å². The fourth-order valence-corrected chi connectivity index (χ4v) is 7.16. The van der Waals surface area contributed by atoms with Crippen LogP contribution in [0.5, 0.6) is 0 Å². The van der Waals surface area contributed by atoms with Gasteiger partial charge in [0, 0.05) is 43.8 Å². The smallest absolute Gasteiger partial charge is 0.302 e. The number of imidazole rings is 1. The number of anilines is 1. The van der Waals surface area contributed by atoms with Crippen LogP contribution < -0.4 is 5.32 Å². The molecule has 1 aliphatic rings. The second-order valence-corrected chi connectivity index (χ2v) is 13.3. The standard InChI is InChI=1S/C32H34N6O5S/c1-19(2)34-24-10-8-23(9-11-24)30-29-17-33-31-27(14-15-37(31)44(41,42)26-12-6-20(3)7-13-26)38(29)32(35-30)28-16-25(43-22(5)40)18-36(28)21(4)39/h6-15,17,19,25,28,34H,16,18H2,1-5H3. The summed E-state index contributed by atoms with van der Waals surface area (Å²) in [5.74, 6) is -0.0769. The zero-order valence-electron chi connectivity index (χ0n) is 25.2. The van der Waals surface area contributed by atoms with Crippen LogP contribution in [0, 0.1) is 6.92 Å². The van der Waals surface area contributed by atoms with Crippen molar-refractivity contribution in [2.45, 2.75) is 64.1 Å². The van der Waals surface area contributed by atoms with Crippen molar-refractivity contribution in [3.63, 3.8) is 0 Å². The van der Waals surface area contributed by atoms with Crippen molar-refractivity contribution in [3.05, 3.63) is 78.4 Å². The molecule has 0 bridgehead atoms. The van der Waals surface area contributed by atoms with Crippen molar-refractivity contribution in [1.29, 1.82) is 0 Å². The van der Waals surface area contributed by atoms with Crippen LogP contribution in [-0.2, 0) is 24.3 Å². The molecule has 0 aliphatic carbocycles. The van der Waals surface area contributed by atoms with Gasteiger partial charge in [-0.2, -0.15) is 0 Å². The zero-order valence-corrected chi connectivity index (χ0v) is 26.0. The summed E-state index contributed by atoms with van der Waals surface area (Å²) in [4.78, 5) is 36.1. The molecule has 11 nitrogen and oxygen atoms in total. The van der Waals surface area contributed by atoms with Crippen LogP contribution in [0.1, 0.15) is 51.5 Å². The van der Waals surface area contributed by atoms with Gasteiger partial charge in [-0.15, -0.1) is 0 Å². The fraction of sp³-hybridized carbons (Fsp3) is 0.312. The van der Waals surface area contributed by atoms with Crippen LogP contribution in [0.3, 0.4) is 0 Å². The number of nitrogens with zero attached hydrogens (tertiary/aromatic N) is 5. The maximum Gasteiger partial charge on any atom is 0.302 e. The number of aryl methyl sites for hydroxylation is 1. The number of carbonyl (C=O) groups is 2. The summed E-state index contributed by atoms with van der Waals surface area (Å²) in [6.07, 6.45) is 2.96. The Balaban J connectivity index is 1.56. The SMILES string of the molecule is CC(=O)OC1CC(c2nc(-c3ccc(NC(C)C)cc3)c3cnc4c(ccn4S(=O)(=O)c4ccc(C)cc4)n23)N(C(C)=O)C1. The molecule has 12 heteroatoms. The highest BCUT2D eigenvalue weighted by molar-refractivity contribution is 7.90. The first-order valence-corrected chi connectivity index (χ1v) is 15.9. The molecule has 228 valence electrons. The lowest BCUT2D eigenvalue weighted by Gasteiger charge is -2.22. The minimum Gasteiger partial charge on any atom is -0.461 e. The van der Waals surface area contributed by atoms with E-state index >= 15 is 0 Å². The molecule has 1 aliphatic heterocycles. The van der Waals surface area contributed by atoms with Crippen LogP contribution in [0.25, 0.3) is 27.9 Å². The van der Waals surface area contributed by atoms with E-state index < -0.39 is 28.1 Å². The second-order valence-electron chi connectivity index (χ2n) is 11.5. The molecule has 4 heterocycles. The first-order valence-electron chi connectivity index (χ1n) is 14.5. The number of likely N-dealkylation sites (tertiary alicyclic amines) is 1. The molecule has 6 rings (SSSR count). The van der Waals surface area contributed by atoms with Crippen molar-refractivity contribution < 1.29 is 22.7 Å². The van der Waals surface area contributed by atoms with Crippen molar-refractivity contribution >= 4 is 44.3 Å². The minimum atomic E-state index is -3.95. The van der Waals surface area contributed by atoms with E-state index in [1.807, 2.05) is 35.6 Å². The average molecular weight is 615 g/mol. The molecule has 3 aromatic heterocycles. The lowest BCUT2D eigenvalue weighted by atomic mass is 10.1. The van der Waals surface area contributed by atoms with Gasteiger partial charge in [0.15, 0.2) is 5.65 Å². The predicted molar refractivity (Wildman–Crippen MR) is 167 cm³/mol. The van der Waals surface area contributed by atoms with Gasteiger partial charge in [0.2, 0.25) is 5.91 Å². The van der Waals surface area contributed by atoms with Gasteiger partial charge < -0.3 is 15.0 Å². The summed E-state index contributed by atoms with van der Waals surface area (Å²) in [7, 11) is -3.95. The molecule has 2 unspecified atom stereocenters. The topological polar surface area (TPSA) is 128 Å². The number of nitrogens with one attached hydrogen (secondary N) is 1. The van der Waals surface area contributed by atoms with Crippen LogP contribution in [0.15, 0.2) is 71.9 Å². The first-order chi connectivity index (χ1) is 20.9. The highest BCUT2D eigenvalue weighted by Gasteiger charge is 2.40. The summed E-state index contributed by atoms with van der Waals surface area (Å²) in [6.45, 7) is 9.08. The molecule has 1 N–H and O–H groups in total. The molecule has 2 atom stereocenters. The van der Waals surface area contributed by atoms with Crippen molar-refractivity contribution in [2.24, 2.45) is 0 Å². The summed E-state index contributed by atoms with van der Waals surface area (Å²) >= 11 is 0. The molecule has 44 heavy (non-hydrogen) atoms. The molecular weight excluding hydrogens is 580 g/mol. The number of aromatic nitrogens is 4. The molecule has 1 saturated heterocycles. The number of hydrogen-bond acceptors (Lipinski definition) is 8. The Morgan fingerprint density at radius 1 is 1.00 bits per heavy atom. The number of benzene rings is 2. The van der Waals surface area contributed by atoms with E-state index in [0.29, 0.717) is 29.0 Å². The Hall–Kier alpha value is -4.71.